The summed E-state index contributed by atoms with van der Waals surface area (Å²) in [7, 11) is 1.43. The van der Waals surface area contributed by atoms with Crippen LogP contribution >= 0.6 is 0 Å². The molecule has 5 aromatic rings. The number of methoxy groups -OCH3 is 1. The first-order valence-corrected chi connectivity index (χ1v) is 11.5. The minimum atomic E-state index is -0.606. The Hall–Kier alpha value is -4.58. The molecule has 178 valence electrons. The van der Waals surface area contributed by atoms with Crippen molar-refractivity contribution in [2.45, 2.75) is 13.8 Å². The summed E-state index contributed by atoms with van der Waals surface area (Å²) in [5.74, 6) is -0.392. The maximum absolute atomic E-state index is 14.6. The third-order valence-electron chi connectivity index (χ3n) is 6.50. The standard InChI is InChI=1S/C30H24FN3O2/c1-18-22(21-13-26(31)25(16-35)29(14-21)36-3)8-5-9-23(18)24-10-6-11-27(19(24)2)34-28-12-4-7-20-15-32-17-33-30(20)28/h4-17,34H,1-3H3. The second kappa shape index (κ2) is 9.58. The molecule has 0 aliphatic heterocycles. The highest BCUT2D eigenvalue weighted by Gasteiger charge is 2.16. The van der Waals surface area contributed by atoms with Crippen molar-refractivity contribution in [1.29, 1.82) is 0 Å². The molecule has 0 fully saturated rings. The van der Waals surface area contributed by atoms with Gasteiger partial charge in [-0.25, -0.2) is 14.4 Å². The van der Waals surface area contributed by atoms with Gasteiger partial charge in [-0.15, -0.1) is 0 Å². The third-order valence-corrected chi connectivity index (χ3v) is 6.50. The fourth-order valence-electron chi connectivity index (χ4n) is 4.59. The van der Waals surface area contributed by atoms with Crippen LogP contribution in [0.1, 0.15) is 21.5 Å². The highest BCUT2D eigenvalue weighted by Crippen LogP contribution is 2.38. The lowest BCUT2D eigenvalue weighted by Gasteiger charge is -2.18. The molecule has 5 rings (SSSR count). The van der Waals surface area contributed by atoms with E-state index in [9.17, 15) is 9.18 Å². The average molecular weight is 478 g/mol. The number of hydrogen-bond donors (Lipinski definition) is 1. The topological polar surface area (TPSA) is 64.1 Å². The Labute approximate surface area is 208 Å². The number of nitrogens with one attached hydrogen (secondary N) is 1. The molecule has 1 N–H and O–H groups in total. The van der Waals surface area contributed by atoms with Gasteiger partial charge in [-0.05, 0) is 71.5 Å². The van der Waals surface area contributed by atoms with E-state index in [0.29, 0.717) is 11.8 Å². The van der Waals surface area contributed by atoms with Crippen LogP contribution in [0.4, 0.5) is 15.8 Å². The third kappa shape index (κ3) is 4.07. The normalized spacial score (nSPS) is 10.9. The van der Waals surface area contributed by atoms with Crippen molar-refractivity contribution in [1.82, 2.24) is 9.97 Å². The molecule has 1 aromatic heterocycles. The van der Waals surface area contributed by atoms with Crippen molar-refractivity contribution < 1.29 is 13.9 Å². The highest BCUT2D eigenvalue weighted by atomic mass is 19.1. The van der Waals surface area contributed by atoms with Gasteiger partial charge in [0.15, 0.2) is 6.29 Å². The van der Waals surface area contributed by atoms with Crippen LogP contribution in [0.3, 0.4) is 0 Å². The minimum Gasteiger partial charge on any atom is -0.496 e. The molecule has 4 aromatic carbocycles. The summed E-state index contributed by atoms with van der Waals surface area (Å²) in [5, 5.41) is 4.50. The minimum absolute atomic E-state index is 0.0802. The van der Waals surface area contributed by atoms with Crippen molar-refractivity contribution in [2.75, 3.05) is 12.4 Å². The van der Waals surface area contributed by atoms with Crippen LogP contribution in [-0.2, 0) is 0 Å². The molecule has 0 spiro atoms. The quantitative estimate of drug-likeness (QED) is 0.260. The fourth-order valence-corrected chi connectivity index (χ4v) is 4.59. The second-order valence-electron chi connectivity index (χ2n) is 8.54. The lowest BCUT2D eigenvalue weighted by Crippen LogP contribution is -1.99. The predicted octanol–water partition coefficient (Wildman–Crippen LogP) is 7.28. The van der Waals surface area contributed by atoms with E-state index < -0.39 is 5.82 Å². The first-order chi connectivity index (χ1) is 17.5. The van der Waals surface area contributed by atoms with Crippen molar-refractivity contribution in [3.8, 4) is 28.0 Å². The number of ether oxygens (including phenoxy) is 1. The number of nitrogens with zero attached hydrogens (tertiary/aromatic N) is 2. The number of rotatable bonds is 6. The molecule has 0 saturated heterocycles. The van der Waals surface area contributed by atoms with Gasteiger partial charge >= 0.3 is 0 Å². The Bertz CT molecular complexity index is 1610. The smallest absolute Gasteiger partial charge is 0.156 e. The van der Waals surface area contributed by atoms with Gasteiger partial charge < -0.3 is 10.1 Å². The number of anilines is 2. The second-order valence-corrected chi connectivity index (χ2v) is 8.54. The van der Waals surface area contributed by atoms with E-state index in [2.05, 4.69) is 34.3 Å². The summed E-state index contributed by atoms with van der Waals surface area (Å²) in [6, 6.07) is 21.1. The molecule has 0 amide bonds. The Morgan fingerprint density at radius 3 is 2.36 bits per heavy atom. The number of para-hydroxylation sites is 1. The van der Waals surface area contributed by atoms with E-state index in [1.165, 1.54) is 13.2 Å². The molecule has 5 nitrogen and oxygen atoms in total. The van der Waals surface area contributed by atoms with Crippen molar-refractivity contribution in [3.05, 3.63) is 102 Å². The van der Waals surface area contributed by atoms with Gasteiger partial charge in [-0.2, -0.15) is 0 Å². The fraction of sp³-hybridized carbons (Fsp3) is 0.100. The molecule has 0 aliphatic rings. The van der Waals surface area contributed by atoms with Gasteiger partial charge in [-0.1, -0.05) is 42.5 Å². The summed E-state index contributed by atoms with van der Waals surface area (Å²) in [5.41, 5.74) is 8.32. The number of carbonyl (C=O) groups is 1. The Balaban J connectivity index is 1.58. The molecular formula is C30H24FN3O2. The molecule has 0 unspecified atom stereocenters. The SMILES string of the molecule is COc1cc(-c2cccc(-c3cccc(Nc4cccc5cncnc45)c3C)c2C)cc(F)c1C=O. The van der Waals surface area contributed by atoms with E-state index in [1.807, 2.05) is 49.4 Å². The van der Waals surface area contributed by atoms with Gasteiger partial charge in [0.1, 0.15) is 17.9 Å². The van der Waals surface area contributed by atoms with Crippen LogP contribution in [0.2, 0.25) is 0 Å². The zero-order valence-electron chi connectivity index (χ0n) is 20.2. The van der Waals surface area contributed by atoms with E-state index >= 15 is 0 Å². The number of fused-ring (bicyclic) bond motifs is 1. The molecule has 6 heteroatoms. The summed E-state index contributed by atoms with van der Waals surface area (Å²) in [6.45, 7) is 4.09. The number of carbonyl (C=O) groups excluding carboxylic acids is 1. The van der Waals surface area contributed by atoms with Crippen molar-refractivity contribution >= 4 is 28.6 Å². The summed E-state index contributed by atoms with van der Waals surface area (Å²) < 4.78 is 19.9. The molecule has 0 bridgehead atoms. The highest BCUT2D eigenvalue weighted by molar-refractivity contribution is 5.92. The van der Waals surface area contributed by atoms with Gasteiger partial charge in [0.2, 0.25) is 0 Å². The Morgan fingerprint density at radius 2 is 1.58 bits per heavy atom. The number of halogens is 1. The molecule has 36 heavy (non-hydrogen) atoms. The van der Waals surface area contributed by atoms with Gasteiger partial charge in [0, 0.05) is 17.3 Å². The molecule has 0 aliphatic carbocycles. The van der Waals surface area contributed by atoms with E-state index in [0.717, 1.165) is 50.1 Å². The average Bonchev–Trinajstić information content (AvgIpc) is 2.90. The van der Waals surface area contributed by atoms with Crippen molar-refractivity contribution in [2.24, 2.45) is 0 Å². The Kier molecular flexibility index (Phi) is 6.17. The van der Waals surface area contributed by atoms with Crippen LogP contribution in [0.15, 0.2) is 79.3 Å². The van der Waals surface area contributed by atoms with E-state index in [4.69, 9.17) is 4.74 Å². The van der Waals surface area contributed by atoms with Gasteiger partial charge in [-0.3, -0.25) is 4.79 Å². The first kappa shape index (κ1) is 23.2. The lowest BCUT2D eigenvalue weighted by atomic mass is 9.90. The van der Waals surface area contributed by atoms with Crippen LogP contribution in [0, 0.1) is 19.7 Å². The monoisotopic (exact) mass is 477 g/mol. The zero-order chi connectivity index (χ0) is 25.2. The summed E-state index contributed by atoms with van der Waals surface area (Å²) >= 11 is 0. The molecular weight excluding hydrogens is 453 g/mol. The maximum Gasteiger partial charge on any atom is 0.156 e. The maximum atomic E-state index is 14.6. The lowest BCUT2D eigenvalue weighted by molar-refractivity contribution is 0.111. The van der Waals surface area contributed by atoms with E-state index in [-0.39, 0.29) is 11.3 Å². The van der Waals surface area contributed by atoms with E-state index in [1.54, 1.807) is 18.6 Å². The van der Waals surface area contributed by atoms with Crippen molar-refractivity contribution in [3.63, 3.8) is 0 Å². The molecule has 0 saturated carbocycles. The van der Waals surface area contributed by atoms with Crippen LogP contribution in [0.25, 0.3) is 33.2 Å². The van der Waals surface area contributed by atoms with Gasteiger partial charge in [0.05, 0.1) is 23.9 Å². The number of aromatic nitrogens is 2. The van der Waals surface area contributed by atoms with Crippen LogP contribution < -0.4 is 10.1 Å². The summed E-state index contributed by atoms with van der Waals surface area (Å²) in [6.07, 6.45) is 3.82. The number of benzene rings is 4. The zero-order valence-corrected chi connectivity index (χ0v) is 20.2. The largest absolute Gasteiger partial charge is 0.496 e. The van der Waals surface area contributed by atoms with Crippen LogP contribution in [-0.4, -0.2) is 23.4 Å². The molecule has 0 atom stereocenters. The first-order valence-electron chi connectivity index (χ1n) is 11.5. The van der Waals surface area contributed by atoms with Gasteiger partial charge in [0.25, 0.3) is 0 Å². The number of hydrogen-bond acceptors (Lipinski definition) is 5. The summed E-state index contributed by atoms with van der Waals surface area (Å²) in [4.78, 5) is 19.9. The number of aldehydes is 1. The Morgan fingerprint density at radius 1 is 0.889 bits per heavy atom. The van der Waals surface area contributed by atoms with Crippen LogP contribution in [0.5, 0.6) is 5.75 Å². The predicted molar refractivity (Wildman–Crippen MR) is 142 cm³/mol. The molecule has 1 heterocycles. The molecule has 0 radical (unpaired) electrons.